The molecule has 1 unspecified atom stereocenters. The van der Waals surface area contributed by atoms with Crippen molar-refractivity contribution in [3.63, 3.8) is 0 Å². The van der Waals surface area contributed by atoms with E-state index in [0.717, 1.165) is 6.42 Å². The molecule has 4 nitrogen and oxygen atoms in total. The number of hydrogen-bond acceptors (Lipinski definition) is 2. The van der Waals surface area contributed by atoms with Crippen LogP contribution in [-0.2, 0) is 16.0 Å². The van der Waals surface area contributed by atoms with Gasteiger partial charge in [0.25, 0.3) is 0 Å². The molecule has 2 amide bonds. The van der Waals surface area contributed by atoms with Crippen molar-refractivity contribution in [2.24, 2.45) is 0 Å². The quantitative estimate of drug-likeness (QED) is 0.864. The fourth-order valence-corrected chi connectivity index (χ4v) is 2.24. The van der Waals surface area contributed by atoms with Gasteiger partial charge in [-0.15, -0.1) is 0 Å². The molecule has 1 atom stereocenters. The summed E-state index contributed by atoms with van der Waals surface area (Å²) in [5, 5.41) is 2.61. The lowest BCUT2D eigenvalue weighted by Gasteiger charge is -2.27. The first-order valence-corrected chi connectivity index (χ1v) is 6.27. The third-order valence-electron chi connectivity index (χ3n) is 3.24. The molecular formula is C14H18N2O2. The van der Waals surface area contributed by atoms with Crippen LogP contribution in [0.4, 0.5) is 0 Å². The standard InChI is InChI=1S/C14H18N2O2/c1-11(9-12-5-3-2-4-6-12)16-8-7-13(17)15-10-14(16)18/h2-6,11H,7-10H2,1H3,(H,15,17). The van der Waals surface area contributed by atoms with Crippen molar-refractivity contribution in [3.8, 4) is 0 Å². The first kappa shape index (κ1) is 12.6. The predicted octanol–water partition coefficient (Wildman–Crippen LogP) is 0.966. The van der Waals surface area contributed by atoms with Gasteiger partial charge >= 0.3 is 0 Å². The van der Waals surface area contributed by atoms with Gasteiger partial charge in [0, 0.05) is 19.0 Å². The molecule has 1 aromatic carbocycles. The van der Waals surface area contributed by atoms with E-state index < -0.39 is 0 Å². The third-order valence-corrected chi connectivity index (χ3v) is 3.24. The van der Waals surface area contributed by atoms with Gasteiger partial charge in [-0.2, -0.15) is 0 Å². The molecule has 4 heteroatoms. The van der Waals surface area contributed by atoms with E-state index in [9.17, 15) is 9.59 Å². The molecule has 0 spiro atoms. The van der Waals surface area contributed by atoms with Crippen LogP contribution in [0.2, 0.25) is 0 Å². The predicted molar refractivity (Wildman–Crippen MR) is 68.9 cm³/mol. The molecule has 96 valence electrons. The van der Waals surface area contributed by atoms with Gasteiger partial charge in [0.1, 0.15) is 0 Å². The maximum absolute atomic E-state index is 11.9. The summed E-state index contributed by atoms with van der Waals surface area (Å²) in [4.78, 5) is 25.0. The molecule has 2 rings (SSSR count). The molecule has 1 fully saturated rings. The number of carbonyl (C=O) groups excluding carboxylic acids is 2. The van der Waals surface area contributed by atoms with Gasteiger partial charge in [-0.1, -0.05) is 30.3 Å². The topological polar surface area (TPSA) is 49.4 Å². The minimum absolute atomic E-state index is 0.00396. The van der Waals surface area contributed by atoms with Crippen LogP contribution in [0.15, 0.2) is 30.3 Å². The Hall–Kier alpha value is -1.84. The molecule has 1 heterocycles. The number of carbonyl (C=O) groups is 2. The van der Waals surface area contributed by atoms with Crippen molar-refractivity contribution in [2.45, 2.75) is 25.8 Å². The van der Waals surface area contributed by atoms with E-state index in [1.807, 2.05) is 25.1 Å². The number of nitrogens with one attached hydrogen (secondary N) is 1. The molecule has 0 aliphatic carbocycles. The Morgan fingerprint density at radius 2 is 2.00 bits per heavy atom. The SMILES string of the molecule is CC(Cc1ccccc1)N1CCC(=O)NCC1=O. The van der Waals surface area contributed by atoms with Crippen molar-refractivity contribution < 1.29 is 9.59 Å². The average molecular weight is 246 g/mol. The molecule has 0 aromatic heterocycles. The summed E-state index contributed by atoms with van der Waals surface area (Å²) in [5.41, 5.74) is 1.21. The van der Waals surface area contributed by atoms with Crippen LogP contribution in [0, 0.1) is 0 Å². The van der Waals surface area contributed by atoms with E-state index >= 15 is 0 Å². The van der Waals surface area contributed by atoms with Crippen LogP contribution in [0.25, 0.3) is 0 Å². The maximum Gasteiger partial charge on any atom is 0.242 e. The summed E-state index contributed by atoms with van der Waals surface area (Å²) in [6.45, 7) is 2.66. The first-order chi connectivity index (χ1) is 8.66. The van der Waals surface area contributed by atoms with Gasteiger partial charge in [-0.25, -0.2) is 0 Å². The van der Waals surface area contributed by atoms with Gasteiger partial charge < -0.3 is 10.2 Å². The van der Waals surface area contributed by atoms with Gasteiger partial charge in [0.15, 0.2) is 0 Å². The molecule has 1 aromatic rings. The van der Waals surface area contributed by atoms with Crippen LogP contribution in [-0.4, -0.2) is 35.8 Å². The number of nitrogens with zero attached hydrogens (tertiary/aromatic N) is 1. The Morgan fingerprint density at radius 1 is 1.28 bits per heavy atom. The smallest absolute Gasteiger partial charge is 0.242 e. The Labute approximate surface area is 107 Å². The van der Waals surface area contributed by atoms with Crippen molar-refractivity contribution >= 4 is 11.8 Å². The normalized spacial score (nSPS) is 18.2. The Bertz CT molecular complexity index is 431. The van der Waals surface area contributed by atoms with Crippen LogP contribution < -0.4 is 5.32 Å². The number of hydrogen-bond donors (Lipinski definition) is 1. The zero-order chi connectivity index (χ0) is 13.0. The van der Waals surface area contributed by atoms with Gasteiger partial charge in [0.05, 0.1) is 6.54 Å². The summed E-state index contributed by atoms with van der Waals surface area (Å²) in [6, 6.07) is 10.2. The van der Waals surface area contributed by atoms with Crippen molar-refractivity contribution in [2.75, 3.05) is 13.1 Å². The first-order valence-electron chi connectivity index (χ1n) is 6.27. The Kier molecular flexibility index (Phi) is 3.97. The highest BCUT2D eigenvalue weighted by molar-refractivity contribution is 5.87. The second kappa shape index (κ2) is 5.67. The highest BCUT2D eigenvalue weighted by Gasteiger charge is 2.24. The molecule has 0 bridgehead atoms. The summed E-state index contributed by atoms with van der Waals surface area (Å²) >= 11 is 0. The largest absolute Gasteiger partial charge is 0.347 e. The summed E-state index contributed by atoms with van der Waals surface area (Å²) < 4.78 is 0. The molecule has 1 saturated heterocycles. The third kappa shape index (κ3) is 3.09. The molecule has 0 saturated carbocycles. The van der Waals surface area contributed by atoms with Crippen LogP contribution in [0.1, 0.15) is 18.9 Å². The van der Waals surface area contributed by atoms with Crippen molar-refractivity contribution in [1.82, 2.24) is 10.2 Å². The van der Waals surface area contributed by atoms with Gasteiger partial charge in [-0.3, -0.25) is 9.59 Å². The monoisotopic (exact) mass is 246 g/mol. The Morgan fingerprint density at radius 3 is 2.72 bits per heavy atom. The van der Waals surface area contributed by atoms with Crippen LogP contribution >= 0.6 is 0 Å². The number of benzene rings is 1. The lowest BCUT2D eigenvalue weighted by Crippen LogP contribution is -2.42. The fraction of sp³-hybridized carbons (Fsp3) is 0.429. The molecule has 18 heavy (non-hydrogen) atoms. The highest BCUT2D eigenvalue weighted by Crippen LogP contribution is 2.11. The van der Waals surface area contributed by atoms with Crippen molar-refractivity contribution in [3.05, 3.63) is 35.9 Å². The number of amides is 2. The van der Waals surface area contributed by atoms with Crippen LogP contribution in [0.5, 0.6) is 0 Å². The summed E-state index contributed by atoms with van der Waals surface area (Å²) in [6.07, 6.45) is 1.21. The van der Waals surface area contributed by atoms with E-state index in [4.69, 9.17) is 0 Å². The fourth-order valence-electron chi connectivity index (χ4n) is 2.24. The van der Waals surface area contributed by atoms with E-state index in [2.05, 4.69) is 17.4 Å². The lowest BCUT2D eigenvalue weighted by molar-refractivity contribution is -0.131. The van der Waals surface area contributed by atoms with E-state index in [0.29, 0.717) is 13.0 Å². The number of rotatable bonds is 3. The second-order valence-electron chi connectivity index (χ2n) is 4.65. The summed E-state index contributed by atoms with van der Waals surface area (Å²) in [7, 11) is 0. The molecule has 1 aliphatic rings. The minimum atomic E-state index is -0.0437. The van der Waals surface area contributed by atoms with Crippen molar-refractivity contribution in [1.29, 1.82) is 0 Å². The van der Waals surface area contributed by atoms with Gasteiger partial charge in [-0.05, 0) is 18.9 Å². The molecule has 1 N–H and O–H groups in total. The van der Waals surface area contributed by atoms with E-state index in [1.54, 1.807) is 4.90 Å². The zero-order valence-corrected chi connectivity index (χ0v) is 10.6. The zero-order valence-electron chi connectivity index (χ0n) is 10.6. The molecule has 1 aliphatic heterocycles. The Balaban J connectivity index is 2.01. The highest BCUT2D eigenvalue weighted by atomic mass is 16.2. The van der Waals surface area contributed by atoms with E-state index in [1.165, 1.54) is 5.56 Å². The lowest BCUT2D eigenvalue weighted by atomic mass is 10.1. The van der Waals surface area contributed by atoms with Gasteiger partial charge in [0.2, 0.25) is 11.8 Å². The molecular weight excluding hydrogens is 228 g/mol. The minimum Gasteiger partial charge on any atom is -0.347 e. The maximum atomic E-state index is 11.9. The van der Waals surface area contributed by atoms with Crippen LogP contribution in [0.3, 0.4) is 0 Å². The second-order valence-corrected chi connectivity index (χ2v) is 4.65. The average Bonchev–Trinajstić information content (AvgIpc) is 2.53. The molecule has 0 radical (unpaired) electrons. The van der Waals surface area contributed by atoms with E-state index in [-0.39, 0.29) is 24.4 Å². The summed E-state index contributed by atoms with van der Waals surface area (Å²) in [5.74, 6) is -0.0398.